The third-order valence-corrected chi connectivity index (χ3v) is 8.27. The number of fused-ring (bicyclic) bond motifs is 1. The van der Waals surface area contributed by atoms with Gasteiger partial charge in [0.1, 0.15) is 0 Å². The number of aliphatic carboxylic acids is 1. The third kappa shape index (κ3) is 9.60. The number of benzene rings is 1. The Morgan fingerprint density at radius 3 is 2.42 bits per heavy atom. The number of carbonyl (C=O) groups is 5. The van der Waals surface area contributed by atoms with Crippen LogP contribution in [0.1, 0.15) is 43.7 Å². The van der Waals surface area contributed by atoms with Crippen molar-refractivity contribution in [2.24, 2.45) is 35.5 Å². The van der Waals surface area contributed by atoms with Crippen LogP contribution in [-0.2, 0) is 40.1 Å². The second kappa shape index (κ2) is 16.5. The van der Waals surface area contributed by atoms with Gasteiger partial charge in [-0.2, -0.15) is 4.89 Å². The molecule has 6 atom stereocenters. The number of halogens is 1. The van der Waals surface area contributed by atoms with Crippen LogP contribution >= 0.6 is 22.6 Å². The number of carboxylic acid groups (broad SMARTS) is 1. The lowest BCUT2D eigenvalue weighted by Gasteiger charge is -2.19. The lowest BCUT2D eigenvalue weighted by molar-refractivity contribution is -0.278. The van der Waals surface area contributed by atoms with Crippen LogP contribution in [-0.4, -0.2) is 64.2 Å². The smallest absolute Gasteiger partial charge is 0.346 e. The fraction of sp³-hybridized carbons (Fsp3) is 0.484. The number of ether oxygens (including phenoxy) is 3. The van der Waals surface area contributed by atoms with Gasteiger partial charge in [-0.05, 0) is 46.4 Å². The molecule has 1 saturated carbocycles. The number of carboxylic acids is 1. The summed E-state index contributed by atoms with van der Waals surface area (Å²) >= 11 is 1.87. The van der Waals surface area contributed by atoms with Crippen LogP contribution in [0.3, 0.4) is 0 Å². The van der Waals surface area contributed by atoms with Crippen molar-refractivity contribution in [3.63, 3.8) is 0 Å². The number of carbonyl (C=O) groups excluding carboxylic acids is 4. The van der Waals surface area contributed by atoms with Crippen LogP contribution in [0.25, 0.3) is 0 Å². The molecule has 1 aliphatic heterocycles. The largest absolute Gasteiger partial charge is 0.493 e. The highest BCUT2D eigenvalue weighted by Crippen LogP contribution is 2.54. The van der Waals surface area contributed by atoms with Gasteiger partial charge >= 0.3 is 17.9 Å². The molecule has 0 bridgehead atoms. The fourth-order valence-corrected chi connectivity index (χ4v) is 5.30. The van der Waals surface area contributed by atoms with Crippen LogP contribution in [0, 0.1) is 35.5 Å². The minimum Gasteiger partial charge on any atom is -0.493 e. The number of amides is 1. The molecule has 3 unspecified atom stereocenters. The molecule has 13 nitrogen and oxygen atoms in total. The summed E-state index contributed by atoms with van der Waals surface area (Å²) < 4.78 is 14.7. The Bertz CT molecular complexity index is 1370. The predicted molar refractivity (Wildman–Crippen MR) is 166 cm³/mol. The van der Waals surface area contributed by atoms with E-state index in [4.69, 9.17) is 29.1 Å². The Kier molecular flexibility index (Phi) is 13.1. The quantitative estimate of drug-likeness (QED) is 0.113. The molecular weight excluding hydrogens is 703 g/mol. The van der Waals surface area contributed by atoms with E-state index in [1.807, 2.05) is 59.8 Å². The number of methoxy groups -OCH3 is 1. The van der Waals surface area contributed by atoms with E-state index in [2.05, 4.69) is 10.3 Å². The first-order valence-electron chi connectivity index (χ1n) is 14.3. The van der Waals surface area contributed by atoms with Crippen LogP contribution in [0.2, 0.25) is 0 Å². The molecule has 2 N–H and O–H groups in total. The number of ketones is 1. The average molecular weight is 741 g/mol. The van der Waals surface area contributed by atoms with E-state index in [-0.39, 0.29) is 65.1 Å². The zero-order chi connectivity index (χ0) is 33.3. The van der Waals surface area contributed by atoms with Gasteiger partial charge in [-0.25, -0.2) is 9.78 Å². The fourth-order valence-electron chi connectivity index (χ4n) is 4.78. The van der Waals surface area contributed by atoms with E-state index >= 15 is 0 Å². The van der Waals surface area contributed by atoms with Crippen molar-refractivity contribution in [3.05, 3.63) is 53.9 Å². The molecule has 0 radical (unpaired) electrons. The highest BCUT2D eigenvalue weighted by atomic mass is 127. The maximum absolute atomic E-state index is 12.3. The van der Waals surface area contributed by atoms with Crippen LogP contribution in [0.4, 0.5) is 0 Å². The maximum Gasteiger partial charge on any atom is 0.346 e. The number of nitrogens with zero attached hydrogens (tertiary/aromatic N) is 1. The lowest BCUT2D eigenvalue weighted by Crippen LogP contribution is -2.32. The Labute approximate surface area is 274 Å². The topological polar surface area (TPSA) is 177 Å². The summed E-state index contributed by atoms with van der Waals surface area (Å²) in [5.41, 5.74) is 0.976. The van der Waals surface area contributed by atoms with Gasteiger partial charge in [0.15, 0.2) is 23.0 Å². The number of rotatable bonds is 11. The number of Topliss-reactive ketones (excluding diaryl/α,β-unsaturated/α-hetero) is 1. The van der Waals surface area contributed by atoms with Crippen LogP contribution < -0.4 is 14.8 Å². The molecule has 2 aromatic rings. The summed E-state index contributed by atoms with van der Waals surface area (Å²) in [5.74, 6) is -3.35. The average Bonchev–Trinajstić information content (AvgIpc) is 3.69. The molecule has 1 aromatic heterocycles. The minimum absolute atomic E-state index is 0.00188. The molecule has 1 amide bonds. The second-order valence-electron chi connectivity index (χ2n) is 11.0. The van der Waals surface area contributed by atoms with E-state index < -0.39 is 34.7 Å². The molecule has 244 valence electrons. The summed E-state index contributed by atoms with van der Waals surface area (Å²) in [6.07, 6.45) is 1.94. The van der Waals surface area contributed by atoms with Gasteiger partial charge in [-0.15, -0.1) is 0 Å². The van der Waals surface area contributed by atoms with Crippen molar-refractivity contribution in [1.29, 1.82) is 0 Å². The Morgan fingerprint density at radius 1 is 1.11 bits per heavy atom. The first-order chi connectivity index (χ1) is 21.4. The normalized spacial score (nSPS) is 22.7. The molecule has 1 aromatic carbocycles. The molecule has 45 heavy (non-hydrogen) atoms. The molecule has 2 heterocycles. The number of hydrogen-bond acceptors (Lipinski definition) is 11. The molecule has 0 spiro atoms. The number of alkyl halides is 1. The minimum atomic E-state index is -1.03. The summed E-state index contributed by atoms with van der Waals surface area (Å²) in [4.78, 5) is 72.5. The Balaban J connectivity index is 0.000000250. The predicted octanol–water partition coefficient (Wildman–Crippen LogP) is 3.62. The zero-order valence-corrected chi connectivity index (χ0v) is 27.7. The van der Waals surface area contributed by atoms with E-state index in [0.717, 1.165) is 5.56 Å². The van der Waals surface area contributed by atoms with Crippen molar-refractivity contribution in [1.82, 2.24) is 10.3 Å². The second-order valence-corrected chi connectivity index (χ2v) is 12.1. The highest BCUT2D eigenvalue weighted by Gasteiger charge is 2.59. The van der Waals surface area contributed by atoms with E-state index in [1.165, 1.54) is 26.3 Å². The van der Waals surface area contributed by atoms with Crippen LogP contribution in [0.15, 0.2) is 42.6 Å². The van der Waals surface area contributed by atoms with Crippen molar-refractivity contribution in [2.45, 2.75) is 38.2 Å². The summed E-state index contributed by atoms with van der Waals surface area (Å²) in [6, 6.07) is 11.3. The number of hydrogen-bond donors (Lipinski definition) is 2. The van der Waals surface area contributed by atoms with Gasteiger partial charge in [0, 0.05) is 24.7 Å². The van der Waals surface area contributed by atoms with Crippen molar-refractivity contribution < 1.29 is 53.1 Å². The molecule has 2 aliphatic rings. The standard InChI is InChI=1S/C16H22N2O7.C15H15IO4/c1-9(2)16(22)25-8-24-13-11(23-4)5-6-17-12(13)14(19)18-7-10(3)15(20)21;1-8-11-10(7-9-5-3-2-4-6-9)15(18)20-19-14(16)13(17)12(8)11/h5-6,9-10H,7-8H2,1-4H3,(H,18,19)(H,20,21);2-6,8,10-12,14H,7H2,1H3/t;8-,10+,11-,12?,14?/m.0/s1. The molecule has 4 rings (SSSR count). The van der Waals surface area contributed by atoms with Crippen molar-refractivity contribution >= 4 is 52.2 Å². The molecule has 2 fully saturated rings. The monoisotopic (exact) mass is 740 g/mol. The summed E-state index contributed by atoms with van der Waals surface area (Å²) in [5, 5.41) is 11.3. The van der Waals surface area contributed by atoms with Gasteiger partial charge in [-0.1, -0.05) is 58.0 Å². The number of nitrogens with one attached hydrogen (secondary N) is 1. The number of aromatic nitrogens is 1. The number of pyridine rings is 1. The maximum atomic E-state index is 12.3. The van der Waals surface area contributed by atoms with Gasteiger partial charge in [0.25, 0.3) is 5.91 Å². The highest BCUT2D eigenvalue weighted by molar-refractivity contribution is 14.1. The number of esters is 1. The Hall–Kier alpha value is -3.79. The first kappa shape index (κ1) is 35.7. The zero-order valence-electron chi connectivity index (χ0n) is 25.6. The molecule has 1 aliphatic carbocycles. The van der Waals surface area contributed by atoms with Gasteiger partial charge in [-0.3, -0.25) is 24.1 Å². The lowest BCUT2D eigenvalue weighted by atomic mass is 9.92. The van der Waals surface area contributed by atoms with Crippen LogP contribution in [0.5, 0.6) is 11.5 Å². The summed E-state index contributed by atoms with van der Waals surface area (Å²) in [7, 11) is 1.39. The third-order valence-electron chi connectivity index (χ3n) is 7.45. The van der Waals surface area contributed by atoms with E-state index in [9.17, 15) is 24.0 Å². The molecule has 14 heteroatoms. The SMILES string of the molecule is COc1ccnc(C(=O)NCC(C)C(=O)O)c1OCOC(=O)C(C)C.C[C@@H]1C2C(=O)C(I)OOC(=O)[C@H](Cc3ccccc3)[C@@H]21. The molecule has 1 saturated heterocycles. The van der Waals surface area contributed by atoms with Gasteiger partial charge in [0.2, 0.25) is 10.9 Å². The first-order valence-corrected chi connectivity index (χ1v) is 15.5. The van der Waals surface area contributed by atoms with Gasteiger partial charge in [0.05, 0.1) is 24.9 Å². The van der Waals surface area contributed by atoms with Crippen molar-refractivity contribution in [3.8, 4) is 11.5 Å². The summed E-state index contributed by atoms with van der Waals surface area (Å²) in [6.45, 7) is 6.35. The van der Waals surface area contributed by atoms with Gasteiger partial charge < -0.3 is 24.6 Å². The molecular formula is C31H37IN2O11. The van der Waals surface area contributed by atoms with E-state index in [0.29, 0.717) is 6.42 Å². The Morgan fingerprint density at radius 2 is 1.80 bits per heavy atom. The van der Waals surface area contributed by atoms with Crippen molar-refractivity contribution in [2.75, 3.05) is 20.4 Å². The van der Waals surface area contributed by atoms with E-state index in [1.54, 1.807) is 13.8 Å².